The van der Waals surface area contributed by atoms with Crippen LogP contribution in [-0.2, 0) is 4.79 Å². The maximum Gasteiger partial charge on any atom is 0.222 e. The zero-order chi connectivity index (χ0) is 14.8. The van der Waals surface area contributed by atoms with Gasteiger partial charge in [-0.25, -0.2) is 0 Å². The maximum absolute atomic E-state index is 12.2. The molecule has 2 nitrogen and oxygen atoms in total. The molecule has 1 rings (SSSR count). The van der Waals surface area contributed by atoms with Crippen molar-refractivity contribution in [1.82, 2.24) is 4.90 Å². The molecular formula is C17H32ClNO. The number of rotatable bonds is 9. The van der Waals surface area contributed by atoms with Crippen molar-refractivity contribution in [2.75, 3.05) is 7.05 Å². The van der Waals surface area contributed by atoms with Crippen LogP contribution in [0.4, 0.5) is 0 Å². The quantitative estimate of drug-likeness (QED) is 0.427. The van der Waals surface area contributed by atoms with Crippen molar-refractivity contribution in [3.05, 3.63) is 0 Å². The molecule has 0 aromatic carbocycles. The van der Waals surface area contributed by atoms with E-state index in [1.54, 1.807) is 0 Å². The number of hydrogen-bond acceptors (Lipinski definition) is 1. The minimum Gasteiger partial charge on any atom is -0.341 e. The smallest absolute Gasteiger partial charge is 0.222 e. The summed E-state index contributed by atoms with van der Waals surface area (Å²) < 4.78 is 0. The predicted molar refractivity (Wildman–Crippen MR) is 87.3 cm³/mol. The molecule has 0 saturated heterocycles. The van der Waals surface area contributed by atoms with Crippen molar-refractivity contribution in [3.63, 3.8) is 0 Å². The summed E-state index contributed by atoms with van der Waals surface area (Å²) in [5.41, 5.74) is 0. The lowest BCUT2D eigenvalue weighted by atomic mass is 9.93. The van der Waals surface area contributed by atoms with E-state index >= 15 is 0 Å². The van der Waals surface area contributed by atoms with E-state index in [4.69, 9.17) is 11.6 Å². The van der Waals surface area contributed by atoms with E-state index in [1.807, 2.05) is 11.9 Å². The molecule has 1 amide bonds. The number of halogens is 1. The van der Waals surface area contributed by atoms with E-state index in [0.29, 0.717) is 6.42 Å². The van der Waals surface area contributed by atoms with Crippen LogP contribution in [0.5, 0.6) is 0 Å². The van der Waals surface area contributed by atoms with Gasteiger partial charge in [0, 0.05) is 19.5 Å². The Morgan fingerprint density at radius 1 is 1.05 bits per heavy atom. The number of nitrogens with zero attached hydrogens (tertiary/aromatic N) is 1. The van der Waals surface area contributed by atoms with Gasteiger partial charge in [0.25, 0.3) is 0 Å². The fourth-order valence-corrected chi connectivity index (χ4v) is 3.55. The van der Waals surface area contributed by atoms with E-state index in [2.05, 4.69) is 6.92 Å². The van der Waals surface area contributed by atoms with Gasteiger partial charge in [-0.05, 0) is 19.3 Å². The van der Waals surface area contributed by atoms with Crippen LogP contribution in [0, 0.1) is 0 Å². The second-order valence-electron chi connectivity index (χ2n) is 6.24. The topological polar surface area (TPSA) is 20.3 Å². The van der Waals surface area contributed by atoms with E-state index < -0.39 is 0 Å². The molecule has 0 radical (unpaired) electrons. The Kier molecular flexibility index (Phi) is 9.33. The lowest BCUT2D eigenvalue weighted by Crippen LogP contribution is -2.44. The fourth-order valence-electron chi connectivity index (χ4n) is 3.10. The first-order valence-corrected chi connectivity index (χ1v) is 9.00. The van der Waals surface area contributed by atoms with Crippen LogP contribution in [0.25, 0.3) is 0 Å². The molecule has 2 unspecified atom stereocenters. The van der Waals surface area contributed by atoms with Crippen LogP contribution < -0.4 is 0 Å². The highest BCUT2D eigenvalue weighted by Gasteiger charge is 2.28. The van der Waals surface area contributed by atoms with Crippen molar-refractivity contribution in [3.8, 4) is 0 Å². The molecule has 0 spiro atoms. The van der Waals surface area contributed by atoms with Gasteiger partial charge < -0.3 is 4.90 Å². The van der Waals surface area contributed by atoms with Crippen LogP contribution in [0.3, 0.4) is 0 Å². The maximum atomic E-state index is 12.2. The summed E-state index contributed by atoms with van der Waals surface area (Å²) >= 11 is 6.36. The second kappa shape index (κ2) is 10.5. The Balaban J connectivity index is 2.12. The van der Waals surface area contributed by atoms with Gasteiger partial charge in [0.15, 0.2) is 0 Å². The van der Waals surface area contributed by atoms with Gasteiger partial charge in [-0.3, -0.25) is 4.79 Å². The molecule has 3 heteroatoms. The van der Waals surface area contributed by atoms with Crippen LogP contribution in [0.1, 0.15) is 84.0 Å². The van der Waals surface area contributed by atoms with Crippen LogP contribution in [0.2, 0.25) is 0 Å². The van der Waals surface area contributed by atoms with Crippen molar-refractivity contribution >= 4 is 17.5 Å². The summed E-state index contributed by atoms with van der Waals surface area (Å²) in [7, 11) is 1.94. The zero-order valence-corrected chi connectivity index (χ0v) is 14.1. The highest BCUT2D eigenvalue weighted by atomic mass is 35.5. The van der Waals surface area contributed by atoms with Crippen molar-refractivity contribution < 1.29 is 4.79 Å². The number of unbranched alkanes of at least 4 members (excludes halogenated alkanes) is 6. The van der Waals surface area contributed by atoms with Gasteiger partial charge in [-0.1, -0.05) is 58.3 Å². The third kappa shape index (κ3) is 6.47. The third-order valence-electron chi connectivity index (χ3n) is 4.53. The molecule has 20 heavy (non-hydrogen) atoms. The first-order valence-electron chi connectivity index (χ1n) is 8.56. The van der Waals surface area contributed by atoms with Gasteiger partial charge in [0.05, 0.1) is 5.38 Å². The fraction of sp³-hybridized carbons (Fsp3) is 0.941. The van der Waals surface area contributed by atoms with Crippen LogP contribution in [0.15, 0.2) is 0 Å². The summed E-state index contributed by atoms with van der Waals surface area (Å²) in [6.07, 6.45) is 14.1. The normalized spacial score (nSPS) is 22.8. The molecule has 0 heterocycles. The molecule has 1 fully saturated rings. The first-order chi connectivity index (χ1) is 9.66. The average Bonchev–Trinajstić information content (AvgIpc) is 2.46. The molecule has 0 bridgehead atoms. The number of alkyl halides is 1. The molecule has 0 aliphatic heterocycles. The van der Waals surface area contributed by atoms with Gasteiger partial charge in [0.1, 0.15) is 0 Å². The number of amides is 1. The first kappa shape index (κ1) is 17.8. The molecule has 1 aliphatic carbocycles. The Labute approximate surface area is 130 Å². The van der Waals surface area contributed by atoms with Crippen molar-refractivity contribution in [2.24, 2.45) is 0 Å². The SMILES string of the molecule is CCCCCCCCCC(=O)N(C)C1CCCCC1Cl. The molecule has 118 valence electrons. The average molecular weight is 302 g/mol. The summed E-state index contributed by atoms with van der Waals surface area (Å²) in [6, 6.07) is 0.266. The van der Waals surface area contributed by atoms with E-state index in [-0.39, 0.29) is 17.3 Å². The summed E-state index contributed by atoms with van der Waals surface area (Å²) in [4.78, 5) is 14.1. The highest BCUT2D eigenvalue weighted by molar-refractivity contribution is 6.21. The lowest BCUT2D eigenvalue weighted by Gasteiger charge is -2.35. The van der Waals surface area contributed by atoms with Crippen molar-refractivity contribution in [2.45, 2.75) is 95.4 Å². The predicted octanol–water partition coefficient (Wildman–Crippen LogP) is 5.14. The monoisotopic (exact) mass is 301 g/mol. The highest BCUT2D eigenvalue weighted by Crippen LogP contribution is 2.27. The number of hydrogen-bond donors (Lipinski definition) is 0. The standard InChI is InChI=1S/C17H32ClNO/c1-3-4-5-6-7-8-9-14-17(20)19(2)16-13-11-10-12-15(16)18/h15-16H,3-14H2,1-2H3. The molecule has 0 aromatic rings. The Hall–Kier alpha value is -0.240. The number of carbonyl (C=O) groups excluding carboxylic acids is 1. The largest absolute Gasteiger partial charge is 0.341 e. The summed E-state index contributed by atoms with van der Waals surface area (Å²) in [6.45, 7) is 2.24. The van der Waals surface area contributed by atoms with Gasteiger partial charge in [0.2, 0.25) is 5.91 Å². The molecule has 1 saturated carbocycles. The van der Waals surface area contributed by atoms with Gasteiger partial charge >= 0.3 is 0 Å². The molecule has 1 aliphatic rings. The molecule has 0 aromatic heterocycles. The van der Waals surface area contributed by atoms with Crippen LogP contribution in [-0.4, -0.2) is 29.3 Å². The lowest BCUT2D eigenvalue weighted by molar-refractivity contribution is -0.132. The van der Waals surface area contributed by atoms with E-state index in [9.17, 15) is 4.79 Å². The molecule has 2 atom stereocenters. The summed E-state index contributed by atoms with van der Waals surface area (Å²) in [5.74, 6) is 0.288. The Morgan fingerprint density at radius 3 is 2.30 bits per heavy atom. The van der Waals surface area contributed by atoms with Gasteiger partial charge in [-0.2, -0.15) is 0 Å². The van der Waals surface area contributed by atoms with Gasteiger partial charge in [-0.15, -0.1) is 11.6 Å². The molecular weight excluding hydrogens is 270 g/mol. The Bertz CT molecular complexity index is 270. The van der Waals surface area contributed by atoms with E-state index in [0.717, 1.165) is 19.3 Å². The third-order valence-corrected chi connectivity index (χ3v) is 5.04. The zero-order valence-electron chi connectivity index (χ0n) is 13.4. The van der Waals surface area contributed by atoms with Crippen molar-refractivity contribution in [1.29, 1.82) is 0 Å². The summed E-state index contributed by atoms with van der Waals surface area (Å²) in [5, 5.41) is 0.159. The van der Waals surface area contributed by atoms with Crippen LogP contribution >= 0.6 is 11.6 Å². The second-order valence-corrected chi connectivity index (χ2v) is 6.80. The minimum absolute atomic E-state index is 0.159. The Morgan fingerprint density at radius 2 is 1.65 bits per heavy atom. The van der Waals surface area contributed by atoms with E-state index in [1.165, 1.54) is 51.4 Å². The molecule has 0 N–H and O–H groups in total. The minimum atomic E-state index is 0.159. The number of carbonyl (C=O) groups is 1.